The molecule has 105 heavy (non-hydrogen) atoms. The summed E-state index contributed by atoms with van der Waals surface area (Å²) in [6, 6.07) is 61.8. The van der Waals surface area contributed by atoms with E-state index in [1.54, 1.807) is 0 Å². The Hall–Kier alpha value is -11.0. The number of rotatable bonds is 8. The van der Waals surface area contributed by atoms with E-state index in [1.165, 1.54) is 66.8 Å². The molecule has 2 saturated carbocycles. The fourth-order valence-electron chi connectivity index (χ4n) is 15.9. The Balaban J connectivity index is 0.000000160. The summed E-state index contributed by atoms with van der Waals surface area (Å²) in [5.74, 6) is 2.19. The smallest absolute Gasteiger partial charge is 0.354 e. The Kier molecular flexibility index (Phi) is 18.4. The van der Waals surface area contributed by atoms with Crippen LogP contribution in [0.2, 0.25) is 0 Å². The average molecular weight is 1400 g/mol. The van der Waals surface area contributed by atoms with E-state index in [2.05, 4.69) is 359 Å². The molecule has 6 aromatic carbocycles. The van der Waals surface area contributed by atoms with Gasteiger partial charge >= 0.3 is 17.1 Å². The van der Waals surface area contributed by atoms with Gasteiger partial charge in [0.2, 0.25) is 0 Å². The first-order valence-electron chi connectivity index (χ1n) is 35.8. The Morgan fingerprint density at radius 3 is 0.600 bits per heavy atom. The van der Waals surface area contributed by atoms with Crippen LogP contribution < -0.4 is 0 Å². The van der Waals surface area contributed by atoms with Gasteiger partial charge in [0.1, 0.15) is 0 Å². The molecule has 2 fully saturated rings. The summed E-state index contributed by atoms with van der Waals surface area (Å²) in [5, 5.41) is 0. The quantitative estimate of drug-likeness (QED) is 0.113. The molecule has 8 nitrogen and oxygen atoms in total. The van der Waals surface area contributed by atoms with E-state index in [-0.39, 0.29) is 17.1 Å². The third-order valence-electron chi connectivity index (χ3n) is 20.6. The first-order valence-corrected chi connectivity index (χ1v) is 35.8. The Morgan fingerprint density at radius 1 is 0.200 bits per heavy atom. The zero-order valence-corrected chi connectivity index (χ0v) is 61.7. The van der Waals surface area contributed by atoms with Gasteiger partial charge in [0, 0.05) is 100 Å². The molecular formula is C96H78FeN8+2. The van der Waals surface area contributed by atoms with Crippen molar-refractivity contribution in [3.05, 3.63) is 345 Å². The van der Waals surface area contributed by atoms with Gasteiger partial charge in [-0.25, -0.2) is 19.9 Å². The number of nitrogens with one attached hydrogen (secondary N) is 4. The summed E-state index contributed by atoms with van der Waals surface area (Å²) >= 11 is 0. The predicted octanol–water partition coefficient (Wildman–Crippen LogP) is 23.9. The number of nitrogens with zero attached hydrogens (tertiary/aromatic N) is 4. The molecule has 508 valence electrons. The zero-order chi connectivity index (χ0) is 71.0. The summed E-state index contributed by atoms with van der Waals surface area (Å²) in [6.45, 7) is 21.7. The second-order valence-corrected chi connectivity index (χ2v) is 28.4. The van der Waals surface area contributed by atoms with Crippen LogP contribution in [0.3, 0.4) is 0 Å². The molecule has 0 saturated heterocycles. The predicted molar refractivity (Wildman–Crippen MR) is 437 cm³/mol. The number of H-pyrrole nitrogens is 4. The minimum atomic E-state index is 0. The van der Waals surface area contributed by atoms with Gasteiger partial charge in [-0.15, -0.1) is 0 Å². The van der Waals surface area contributed by atoms with Gasteiger partial charge in [0.15, 0.2) is 0 Å². The van der Waals surface area contributed by atoms with Crippen molar-refractivity contribution in [2.24, 2.45) is 0 Å². The third kappa shape index (κ3) is 13.1. The molecule has 0 unspecified atom stereocenters. The van der Waals surface area contributed by atoms with E-state index in [4.69, 9.17) is 19.9 Å². The number of hydrogen-bond donors (Lipinski definition) is 4. The van der Waals surface area contributed by atoms with Crippen LogP contribution in [0.25, 0.3) is 160 Å². The molecule has 12 aromatic rings. The number of fused-ring (bicyclic) bond motifs is 16. The summed E-state index contributed by atoms with van der Waals surface area (Å²) in [6.07, 6.45) is 34.0. The number of aryl methyl sites for hydroxylation is 10. The maximum atomic E-state index is 5.38. The number of hydrogen-bond acceptors (Lipinski definition) is 4. The molecule has 4 aliphatic heterocycles. The molecule has 0 spiro atoms. The van der Waals surface area contributed by atoms with E-state index >= 15 is 0 Å². The molecule has 4 N–H and O–H groups in total. The van der Waals surface area contributed by atoms with Gasteiger partial charge in [-0.05, 0) is 273 Å². The molecular weight excluding hydrogens is 1320 g/mol. The first kappa shape index (κ1) is 68.5. The van der Waals surface area contributed by atoms with Crippen molar-refractivity contribution >= 4 is 92.7 Å². The standard InChI is InChI=1S/2C48H39N4.Fe/c2*1-28-10-14-34(15-11-28)46-38-20-18-36(49-38)45(33-8-6-7-9-33)37-19-21-39(50-37)47(35-16-12-29(2)13-17-35)41-23-25-43(52-41)48(42-24-22-40(46)51-42)44-31(4)26-30(3)27-32(44)5;/h2*6-27,51-52H,1-5H3;/q;;+2. The summed E-state index contributed by atoms with van der Waals surface area (Å²) in [5.41, 5.74) is 43.1. The summed E-state index contributed by atoms with van der Waals surface area (Å²) < 4.78 is 0. The van der Waals surface area contributed by atoms with Gasteiger partial charge in [-0.3, -0.25) is 0 Å². The maximum Gasteiger partial charge on any atom is 2.00 e. The first-order chi connectivity index (χ1) is 50.6. The zero-order valence-electron chi connectivity index (χ0n) is 60.5. The maximum absolute atomic E-state index is 5.38. The fourth-order valence-corrected chi connectivity index (χ4v) is 15.9. The van der Waals surface area contributed by atoms with Gasteiger partial charge in [-0.2, -0.15) is 0 Å². The van der Waals surface area contributed by atoms with Crippen LogP contribution in [0, 0.1) is 132 Å². The van der Waals surface area contributed by atoms with Crippen molar-refractivity contribution in [1.29, 1.82) is 0 Å². The van der Waals surface area contributed by atoms with Crippen LogP contribution in [0.5, 0.6) is 0 Å². The van der Waals surface area contributed by atoms with E-state index in [0.29, 0.717) is 0 Å². The molecule has 18 rings (SSSR count). The molecule has 0 atom stereocenters. The van der Waals surface area contributed by atoms with Gasteiger partial charge < -0.3 is 19.9 Å². The van der Waals surface area contributed by atoms with Gasteiger partial charge in [0.25, 0.3) is 0 Å². The molecule has 6 aliphatic rings. The third-order valence-corrected chi connectivity index (χ3v) is 20.6. The molecule has 6 aromatic heterocycles. The molecule has 0 amide bonds. The summed E-state index contributed by atoms with van der Waals surface area (Å²) in [4.78, 5) is 37.1. The number of benzene rings is 6. The Bertz CT molecular complexity index is 5250. The van der Waals surface area contributed by atoms with Crippen LogP contribution in [-0.4, -0.2) is 39.9 Å². The Morgan fingerprint density at radius 2 is 0.390 bits per heavy atom. The van der Waals surface area contributed by atoms with Crippen LogP contribution in [0.15, 0.2) is 170 Å². The van der Waals surface area contributed by atoms with E-state index in [0.717, 1.165) is 168 Å². The second-order valence-electron chi connectivity index (χ2n) is 28.4. The number of aromatic amines is 4. The summed E-state index contributed by atoms with van der Waals surface area (Å²) in [7, 11) is 0. The second kappa shape index (κ2) is 28.2. The van der Waals surface area contributed by atoms with Gasteiger partial charge in [0.05, 0.1) is 45.6 Å². The van der Waals surface area contributed by atoms with Crippen molar-refractivity contribution in [3.8, 4) is 66.8 Å². The van der Waals surface area contributed by atoms with E-state index < -0.39 is 0 Å². The van der Waals surface area contributed by atoms with Crippen molar-refractivity contribution in [2.45, 2.75) is 69.2 Å². The van der Waals surface area contributed by atoms with Crippen LogP contribution in [0.4, 0.5) is 0 Å². The molecule has 2 aliphatic carbocycles. The molecule has 16 bridgehead atoms. The monoisotopic (exact) mass is 1400 g/mol. The average Bonchev–Trinajstić information content (AvgIpc) is 1.63. The van der Waals surface area contributed by atoms with Gasteiger partial charge in [-0.1, -0.05) is 155 Å². The van der Waals surface area contributed by atoms with Crippen LogP contribution in [-0.2, 0) is 17.1 Å². The molecule has 10 heterocycles. The van der Waals surface area contributed by atoms with Crippen LogP contribution in [0.1, 0.15) is 112 Å². The van der Waals surface area contributed by atoms with Crippen molar-refractivity contribution in [3.63, 3.8) is 0 Å². The molecule has 9 heteroatoms. The minimum Gasteiger partial charge on any atom is -0.354 e. The van der Waals surface area contributed by atoms with Crippen molar-refractivity contribution < 1.29 is 17.1 Å². The SMILES string of the molecule is Cc1ccc(-c2c3nc(c([C]4[CH][CH][CH][CH]4)c4nc(c(-c5ccc(C)cc5)c5ccc([nH]5)c(-c5c(C)cc(C)cc5C)c5ccc2[nH]5)C=C4)C=C3)cc1.Cc1ccc(-c2c3nc(c([C]4[CH][CH][CH][CH]4)c4nc(c(-c5ccc(C)cc5)c5ccc([nH]5)c(-c5c(C)cc(C)cc5C)c5ccc2[nH]5)C=C4)C=C3)cc1.[Fe+2]. The largest absolute Gasteiger partial charge is 2.00 e. The minimum absolute atomic E-state index is 0. The van der Waals surface area contributed by atoms with E-state index in [1.807, 2.05) is 0 Å². The molecule has 10 radical (unpaired) electrons. The normalized spacial score (nSPS) is 14.0. The van der Waals surface area contributed by atoms with E-state index in [9.17, 15) is 0 Å². The number of aromatic nitrogens is 8. The van der Waals surface area contributed by atoms with Crippen molar-refractivity contribution in [2.75, 3.05) is 0 Å². The topological polar surface area (TPSA) is 115 Å². The van der Waals surface area contributed by atoms with Crippen molar-refractivity contribution in [1.82, 2.24) is 39.9 Å². The van der Waals surface area contributed by atoms with Crippen LogP contribution >= 0.6 is 0 Å². The Labute approximate surface area is 626 Å². The fraction of sp³-hybridized carbons (Fsp3) is 0.104.